The van der Waals surface area contributed by atoms with Gasteiger partial charge in [-0.15, -0.1) is 0 Å². The molecule has 2 aliphatic heterocycles. The Morgan fingerprint density at radius 2 is 1.96 bits per heavy atom. The topological polar surface area (TPSA) is 56.8 Å². The predicted molar refractivity (Wildman–Crippen MR) is 83.9 cm³/mol. The second-order valence-corrected chi connectivity index (χ2v) is 6.45. The molecule has 140 valence electrons. The smallest absolute Gasteiger partial charge is 0.380 e. The number of ether oxygens (including phenoxy) is 1. The summed E-state index contributed by atoms with van der Waals surface area (Å²) < 4.78 is 42.4. The van der Waals surface area contributed by atoms with Gasteiger partial charge in [-0.05, 0) is 25.3 Å². The van der Waals surface area contributed by atoms with Crippen LogP contribution in [0.25, 0.3) is 0 Å². The molecule has 0 aromatic heterocycles. The summed E-state index contributed by atoms with van der Waals surface area (Å²) >= 11 is 0. The van der Waals surface area contributed by atoms with Crippen LogP contribution < -0.4 is 10.6 Å². The fourth-order valence-corrected chi connectivity index (χ4v) is 3.13. The zero-order chi connectivity index (χ0) is 17.4. The van der Waals surface area contributed by atoms with Crippen LogP contribution in [0, 0.1) is 5.92 Å². The van der Waals surface area contributed by atoms with Gasteiger partial charge in [-0.2, -0.15) is 13.2 Å². The monoisotopic (exact) mass is 352 g/mol. The predicted octanol–water partition coefficient (Wildman–Crippen LogP) is 0.892. The zero-order valence-corrected chi connectivity index (χ0v) is 13.9. The summed E-state index contributed by atoms with van der Waals surface area (Å²) in [6.45, 7) is 5.06. The number of carbonyl (C=O) groups is 1. The van der Waals surface area contributed by atoms with Gasteiger partial charge in [-0.3, -0.25) is 9.80 Å². The first kappa shape index (κ1) is 19.3. The summed E-state index contributed by atoms with van der Waals surface area (Å²) in [5.74, 6) is 0.0841. The highest BCUT2D eigenvalue weighted by Gasteiger charge is 2.34. The van der Waals surface area contributed by atoms with E-state index in [1.165, 1.54) is 4.90 Å². The van der Waals surface area contributed by atoms with Crippen LogP contribution in [-0.2, 0) is 4.74 Å². The van der Waals surface area contributed by atoms with Crippen molar-refractivity contribution in [2.45, 2.75) is 19.0 Å². The normalized spacial score (nSPS) is 23.9. The summed E-state index contributed by atoms with van der Waals surface area (Å²) in [5, 5.41) is 5.55. The molecule has 0 bridgehead atoms. The largest absolute Gasteiger partial charge is 0.401 e. The Hall–Kier alpha value is -1.06. The van der Waals surface area contributed by atoms with Crippen LogP contribution >= 0.6 is 0 Å². The van der Waals surface area contributed by atoms with Gasteiger partial charge in [0.15, 0.2) is 0 Å². The first-order chi connectivity index (χ1) is 11.4. The number of nitrogens with one attached hydrogen (secondary N) is 2. The fourth-order valence-electron chi connectivity index (χ4n) is 3.13. The lowest BCUT2D eigenvalue weighted by molar-refractivity contribution is -0.143. The quantitative estimate of drug-likeness (QED) is 0.746. The van der Waals surface area contributed by atoms with Gasteiger partial charge in [-0.1, -0.05) is 0 Å². The third-order valence-corrected chi connectivity index (χ3v) is 4.35. The summed E-state index contributed by atoms with van der Waals surface area (Å²) in [5.41, 5.74) is 0. The number of hydrogen-bond acceptors (Lipinski definition) is 4. The maximum absolute atomic E-state index is 12.3. The van der Waals surface area contributed by atoms with Gasteiger partial charge < -0.3 is 15.4 Å². The number of alkyl halides is 3. The van der Waals surface area contributed by atoms with Crippen molar-refractivity contribution in [1.82, 2.24) is 20.4 Å². The molecule has 0 radical (unpaired) electrons. The van der Waals surface area contributed by atoms with Gasteiger partial charge in [0, 0.05) is 45.9 Å². The number of nitrogens with zero attached hydrogens (tertiary/aromatic N) is 2. The summed E-state index contributed by atoms with van der Waals surface area (Å²) in [6, 6.07) is -0.254. The molecule has 2 N–H and O–H groups in total. The van der Waals surface area contributed by atoms with Gasteiger partial charge in [0.05, 0.1) is 13.2 Å². The van der Waals surface area contributed by atoms with Crippen molar-refractivity contribution in [1.29, 1.82) is 0 Å². The summed E-state index contributed by atoms with van der Waals surface area (Å²) in [7, 11) is 0. The molecule has 2 heterocycles. The number of hydrogen-bond donors (Lipinski definition) is 2. The van der Waals surface area contributed by atoms with Gasteiger partial charge in [0.25, 0.3) is 0 Å². The van der Waals surface area contributed by atoms with Crippen LogP contribution in [-0.4, -0.2) is 87.6 Å². The second kappa shape index (κ2) is 9.43. The van der Waals surface area contributed by atoms with Crippen molar-refractivity contribution in [2.75, 3.05) is 65.6 Å². The molecule has 0 aromatic rings. The minimum atomic E-state index is -4.15. The molecule has 2 aliphatic rings. The van der Waals surface area contributed by atoms with E-state index in [2.05, 4.69) is 15.5 Å². The molecular weight excluding hydrogens is 325 g/mol. The molecule has 2 amide bonds. The molecule has 2 saturated heterocycles. The number of likely N-dealkylation sites (tertiary alicyclic amines) is 1. The average Bonchev–Trinajstić information content (AvgIpc) is 2.77. The minimum Gasteiger partial charge on any atom is -0.380 e. The van der Waals surface area contributed by atoms with E-state index in [0.29, 0.717) is 32.6 Å². The van der Waals surface area contributed by atoms with E-state index in [4.69, 9.17) is 4.74 Å². The highest BCUT2D eigenvalue weighted by molar-refractivity contribution is 5.73. The molecule has 9 heteroatoms. The van der Waals surface area contributed by atoms with Crippen molar-refractivity contribution in [3.8, 4) is 0 Å². The zero-order valence-electron chi connectivity index (χ0n) is 13.9. The van der Waals surface area contributed by atoms with Gasteiger partial charge >= 0.3 is 12.2 Å². The lowest BCUT2D eigenvalue weighted by atomic mass is 10.1. The molecule has 6 nitrogen and oxygen atoms in total. The molecule has 2 fully saturated rings. The van der Waals surface area contributed by atoms with Gasteiger partial charge in [0.2, 0.25) is 0 Å². The van der Waals surface area contributed by atoms with E-state index in [0.717, 1.165) is 39.3 Å². The minimum absolute atomic E-state index is 0.0841. The van der Waals surface area contributed by atoms with E-state index in [1.54, 1.807) is 0 Å². The van der Waals surface area contributed by atoms with Crippen molar-refractivity contribution < 1.29 is 22.7 Å². The molecular formula is C15H27F3N4O2. The Balaban J connectivity index is 1.53. The number of carbonyl (C=O) groups excluding carboxylic acids is 1. The molecule has 0 unspecified atom stereocenters. The highest BCUT2D eigenvalue weighted by atomic mass is 19.4. The average molecular weight is 352 g/mol. The van der Waals surface area contributed by atoms with Crippen molar-refractivity contribution in [2.24, 2.45) is 5.92 Å². The van der Waals surface area contributed by atoms with E-state index < -0.39 is 12.7 Å². The maximum Gasteiger partial charge on any atom is 0.401 e. The van der Waals surface area contributed by atoms with Crippen LogP contribution in [0.15, 0.2) is 0 Å². The standard InChI is InChI=1S/C15H27F3N4O2/c16-15(17,18)12-22-5-2-13(11-22)10-20-14(23)19-3-6-21-4-1-8-24-9-7-21/h13H,1-12H2,(H2,19,20,23)/t13-/m1/s1. The molecule has 0 spiro atoms. The number of halogens is 3. The first-order valence-electron chi connectivity index (χ1n) is 8.53. The molecule has 1 atom stereocenters. The Morgan fingerprint density at radius 1 is 1.12 bits per heavy atom. The molecule has 0 aliphatic carbocycles. The third kappa shape index (κ3) is 7.67. The second-order valence-electron chi connectivity index (χ2n) is 6.45. The van der Waals surface area contributed by atoms with Crippen LogP contribution in [0.1, 0.15) is 12.8 Å². The Bertz CT molecular complexity index is 387. The Morgan fingerprint density at radius 3 is 2.75 bits per heavy atom. The van der Waals surface area contributed by atoms with E-state index in [9.17, 15) is 18.0 Å². The lowest BCUT2D eigenvalue weighted by Gasteiger charge is -2.19. The van der Waals surface area contributed by atoms with E-state index in [1.807, 2.05) is 0 Å². The van der Waals surface area contributed by atoms with Gasteiger partial charge in [0.1, 0.15) is 0 Å². The number of urea groups is 1. The van der Waals surface area contributed by atoms with Crippen LogP contribution in [0.3, 0.4) is 0 Å². The number of amides is 2. The van der Waals surface area contributed by atoms with Crippen LogP contribution in [0.4, 0.5) is 18.0 Å². The highest BCUT2D eigenvalue weighted by Crippen LogP contribution is 2.22. The fraction of sp³-hybridized carbons (Fsp3) is 0.933. The molecule has 0 saturated carbocycles. The summed E-state index contributed by atoms with van der Waals surface area (Å²) in [4.78, 5) is 15.4. The summed E-state index contributed by atoms with van der Waals surface area (Å²) in [6.07, 6.45) is -2.47. The Kier molecular flexibility index (Phi) is 7.57. The van der Waals surface area contributed by atoms with Crippen molar-refractivity contribution in [3.05, 3.63) is 0 Å². The van der Waals surface area contributed by atoms with E-state index in [-0.39, 0.29) is 11.9 Å². The molecule has 2 rings (SSSR count). The maximum atomic E-state index is 12.3. The van der Waals surface area contributed by atoms with Gasteiger partial charge in [-0.25, -0.2) is 4.79 Å². The molecule has 24 heavy (non-hydrogen) atoms. The van der Waals surface area contributed by atoms with Crippen LogP contribution in [0.2, 0.25) is 0 Å². The Labute approximate surface area is 140 Å². The van der Waals surface area contributed by atoms with Crippen LogP contribution in [0.5, 0.6) is 0 Å². The SMILES string of the molecule is O=C(NCCN1CCCOCC1)NC[C@H]1CCN(CC(F)(F)F)C1. The van der Waals surface area contributed by atoms with Crippen molar-refractivity contribution in [3.63, 3.8) is 0 Å². The number of rotatable bonds is 6. The third-order valence-electron chi connectivity index (χ3n) is 4.35. The first-order valence-corrected chi connectivity index (χ1v) is 8.53. The molecule has 0 aromatic carbocycles. The van der Waals surface area contributed by atoms with E-state index >= 15 is 0 Å². The lowest BCUT2D eigenvalue weighted by Crippen LogP contribution is -2.42. The van der Waals surface area contributed by atoms with Crippen molar-refractivity contribution >= 4 is 6.03 Å².